The molecule has 0 bridgehead atoms. The lowest BCUT2D eigenvalue weighted by molar-refractivity contribution is -0.126. The standard InChI is InChI=1S/C17H15ClFNO2/c1-2-15-17(21)20(14-5-3-4-6-16(14)22-15)10-11-7-8-12(19)9-13(11)18/h3-9,15H,2,10H2,1H3. The van der Waals surface area contributed by atoms with Crippen LogP contribution in [0.15, 0.2) is 42.5 Å². The summed E-state index contributed by atoms with van der Waals surface area (Å²) in [4.78, 5) is 14.2. The molecule has 1 aliphatic heterocycles. The number of anilines is 1. The number of hydrogen-bond donors (Lipinski definition) is 0. The molecule has 2 aromatic carbocycles. The largest absolute Gasteiger partial charge is 0.478 e. The number of para-hydroxylation sites is 2. The molecule has 1 heterocycles. The summed E-state index contributed by atoms with van der Waals surface area (Å²) in [6, 6.07) is 11.6. The molecule has 0 N–H and O–H groups in total. The summed E-state index contributed by atoms with van der Waals surface area (Å²) in [5, 5.41) is 0.310. The van der Waals surface area contributed by atoms with Crippen molar-refractivity contribution in [1.82, 2.24) is 0 Å². The summed E-state index contributed by atoms with van der Waals surface area (Å²) in [7, 11) is 0. The van der Waals surface area contributed by atoms with Crippen molar-refractivity contribution < 1.29 is 13.9 Å². The van der Waals surface area contributed by atoms with Crippen LogP contribution in [-0.2, 0) is 11.3 Å². The van der Waals surface area contributed by atoms with E-state index in [4.69, 9.17) is 16.3 Å². The van der Waals surface area contributed by atoms with Gasteiger partial charge in [-0.25, -0.2) is 4.39 Å². The van der Waals surface area contributed by atoms with E-state index in [-0.39, 0.29) is 12.5 Å². The third kappa shape index (κ3) is 2.66. The van der Waals surface area contributed by atoms with E-state index in [1.165, 1.54) is 12.1 Å². The molecule has 1 aliphatic rings. The van der Waals surface area contributed by atoms with E-state index in [0.29, 0.717) is 28.4 Å². The number of rotatable bonds is 3. The Morgan fingerprint density at radius 1 is 1.27 bits per heavy atom. The number of ether oxygens (including phenoxy) is 1. The third-order valence-electron chi connectivity index (χ3n) is 3.68. The Balaban J connectivity index is 1.99. The average Bonchev–Trinajstić information content (AvgIpc) is 2.51. The zero-order valence-corrected chi connectivity index (χ0v) is 12.8. The van der Waals surface area contributed by atoms with Gasteiger partial charge in [-0.2, -0.15) is 0 Å². The lowest BCUT2D eigenvalue weighted by Crippen LogP contribution is -2.45. The first-order valence-electron chi connectivity index (χ1n) is 7.11. The molecule has 1 amide bonds. The molecule has 3 rings (SSSR count). The maximum Gasteiger partial charge on any atom is 0.268 e. The number of carbonyl (C=O) groups is 1. The molecule has 22 heavy (non-hydrogen) atoms. The number of nitrogens with zero attached hydrogens (tertiary/aromatic N) is 1. The van der Waals surface area contributed by atoms with E-state index >= 15 is 0 Å². The molecule has 114 valence electrons. The molecule has 0 radical (unpaired) electrons. The zero-order valence-electron chi connectivity index (χ0n) is 12.1. The summed E-state index contributed by atoms with van der Waals surface area (Å²) < 4.78 is 18.9. The van der Waals surface area contributed by atoms with Crippen LogP contribution in [0.3, 0.4) is 0 Å². The van der Waals surface area contributed by atoms with E-state index < -0.39 is 11.9 Å². The molecule has 3 nitrogen and oxygen atoms in total. The molecular formula is C17H15ClFNO2. The molecule has 1 unspecified atom stereocenters. The summed E-state index contributed by atoms with van der Waals surface area (Å²) >= 11 is 6.08. The molecule has 0 aliphatic carbocycles. The van der Waals surface area contributed by atoms with Crippen molar-refractivity contribution >= 4 is 23.2 Å². The van der Waals surface area contributed by atoms with Gasteiger partial charge in [0.05, 0.1) is 12.2 Å². The summed E-state index contributed by atoms with van der Waals surface area (Å²) in [5.41, 5.74) is 1.40. The highest BCUT2D eigenvalue weighted by Crippen LogP contribution is 2.36. The number of amides is 1. The van der Waals surface area contributed by atoms with Crippen molar-refractivity contribution in [3.63, 3.8) is 0 Å². The second-order valence-electron chi connectivity index (χ2n) is 5.14. The first kappa shape index (κ1) is 14.9. The van der Waals surface area contributed by atoms with Gasteiger partial charge in [0.2, 0.25) is 0 Å². The number of fused-ring (bicyclic) bond motifs is 1. The Morgan fingerprint density at radius 2 is 2.05 bits per heavy atom. The summed E-state index contributed by atoms with van der Waals surface area (Å²) in [6.45, 7) is 2.19. The molecule has 2 aromatic rings. The maximum atomic E-state index is 13.2. The minimum Gasteiger partial charge on any atom is -0.478 e. The fourth-order valence-electron chi connectivity index (χ4n) is 2.52. The van der Waals surface area contributed by atoms with Gasteiger partial charge in [-0.1, -0.05) is 36.7 Å². The fraction of sp³-hybridized carbons (Fsp3) is 0.235. The van der Waals surface area contributed by atoms with E-state index in [0.717, 1.165) is 0 Å². The predicted molar refractivity (Wildman–Crippen MR) is 83.7 cm³/mol. The first-order chi connectivity index (χ1) is 10.6. The predicted octanol–water partition coefficient (Wildman–Crippen LogP) is 4.18. The second kappa shape index (κ2) is 5.97. The Kier molecular flexibility index (Phi) is 4.03. The second-order valence-corrected chi connectivity index (χ2v) is 5.55. The van der Waals surface area contributed by atoms with Crippen LogP contribution >= 0.6 is 11.6 Å². The van der Waals surface area contributed by atoms with Crippen molar-refractivity contribution in [2.45, 2.75) is 26.0 Å². The van der Waals surface area contributed by atoms with E-state index in [9.17, 15) is 9.18 Å². The van der Waals surface area contributed by atoms with Crippen LogP contribution in [0.1, 0.15) is 18.9 Å². The van der Waals surface area contributed by atoms with Gasteiger partial charge in [0.15, 0.2) is 6.10 Å². The summed E-state index contributed by atoms with van der Waals surface area (Å²) in [5.74, 6) is 0.169. The van der Waals surface area contributed by atoms with E-state index in [2.05, 4.69) is 0 Å². The Hall–Kier alpha value is -2.07. The van der Waals surface area contributed by atoms with Gasteiger partial charge < -0.3 is 9.64 Å². The molecule has 0 saturated heterocycles. The highest BCUT2D eigenvalue weighted by Gasteiger charge is 2.33. The van der Waals surface area contributed by atoms with E-state index in [1.54, 1.807) is 11.0 Å². The minimum atomic E-state index is -0.505. The maximum absolute atomic E-state index is 13.2. The number of hydrogen-bond acceptors (Lipinski definition) is 2. The zero-order chi connectivity index (χ0) is 15.7. The van der Waals surface area contributed by atoms with Crippen LogP contribution in [0, 0.1) is 5.82 Å². The number of halogens is 2. The van der Waals surface area contributed by atoms with Crippen LogP contribution in [0.4, 0.5) is 10.1 Å². The lowest BCUT2D eigenvalue weighted by atomic mass is 10.1. The van der Waals surface area contributed by atoms with Gasteiger partial charge in [-0.3, -0.25) is 4.79 Å². The quantitative estimate of drug-likeness (QED) is 0.849. The molecule has 0 aromatic heterocycles. The topological polar surface area (TPSA) is 29.5 Å². The molecule has 1 atom stereocenters. The average molecular weight is 320 g/mol. The first-order valence-corrected chi connectivity index (χ1v) is 7.49. The van der Waals surface area contributed by atoms with Gasteiger partial charge in [0, 0.05) is 5.02 Å². The molecule has 5 heteroatoms. The highest BCUT2D eigenvalue weighted by molar-refractivity contribution is 6.31. The van der Waals surface area contributed by atoms with E-state index in [1.807, 2.05) is 31.2 Å². The Bertz CT molecular complexity index is 720. The molecule has 0 fully saturated rings. The lowest BCUT2D eigenvalue weighted by Gasteiger charge is -2.34. The normalized spacial score (nSPS) is 17.1. The third-order valence-corrected chi connectivity index (χ3v) is 4.03. The molecule has 0 spiro atoms. The van der Waals surface area contributed by atoms with Crippen LogP contribution in [-0.4, -0.2) is 12.0 Å². The van der Waals surface area contributed by atoms with Crippen LogP contribution in [0.25, 0.3) is 0 Å². The fourth-order valence-corrected chi connectivity index (χ4v) is 2.74. The van der Waals surface area contributed by atoms with Gasteiger partial charge >= 0.3 is 0 Å². The van der Waals surface area contributed by atoms with Gasteiger partial charge in [-0.05, 0) is 36.2 Å². The van der Waals surface area contributed by atoms with Crippen molar-refractivity contribution in [2.24, 2.45) is 0 Å². The van der Waals surface area contributed by atoms with Crippen molar-refractivity contribution in [3.05, 3.63) is 58.9 Å². The SMILES string of the molecule is CCC1Oc2ccccc2N(Cc2ccc(F)cc2Cl)C1=O. The highest BCUT2D eigenvalue weighted by atomic mass is 35.5. The van der Waals surface area contributed by atoms with Gasteiger partial charge in [-0.15, -0.1) is 0 Å². The van der Waals surface area contributed by atoms with Gasteiger partial charge in [0.25, 0.3) is 5.91 Å². The number of benzene rings is 2. The van der Waals surface area contributed by atoms with Crippen molar-refractivity contribution in [2.75, 3.05) is 4.90 Å². The Labute approximate surface area is 133 Å². The van der Waals surface area contributed by atoms with Crippen LogP contribution in [0.2, 0.25) is 5.02 Å². The number of carbonyl (C=O) groups excluding carboxylic acids is 1. The van der Waals surface area contributed by atoms with Crippen molar-refractivity contribution in [3.8, 4) is 5.75 Å². The molecular weight excluding hydrogens is 305 g/mol. The van der Waals surface area contributed by atoms with Crippen molar-refractivity contribution in [1.29, 1.82) is 0 Å². The van der Waals surface area contributed by atoms with Crippen LogP contribution < -0.4 is 9.64 Å². The monoisotopic (exact) mass is 319 g/mol. The Morgan fingerprint density at radius 3 is 2.77 bits per heavy atom. The van der Waals surface area contributed by atoms with Crippen LogP contribution in [0.5, 0.6) is 5.75 Å². The van der Waals surface area contributed by atoms with Gasteiger partial charge in [0.1, 0.15) is 11.6 Å². The molecule has 0 saturated carbocycles. The smallest absolute Gasteiger partial charge is 0.268 e. The minimum absolute atomic E-state index is 0.110. The summed E-state index contributed by atoms with van der Waals surface area (Å²) in [6.07, 6.45) is 0.0787.